The summed E-state index contributed by atoms with van der Waals surface area (Å²) in [5.74, 6) is 0.178. The highest BCUT2D eigenvalue weighted by atomic mass is 16.2. The van der Waals surface area contributed by atoms with Crippen LogP contribution in [0.5, 0.6) is 0 Å². The minimum Gasteiger partial charge on any atom is -0.342 e. The summed E-state index contributed by atoms with van der Waals surface area (Å²) in [5.41, 5.74) is 4.34. The molecule has 1 heterocycles. The molecule has 0 unspecified atom stereocenters. The van der Waals surface area contributed by atoms with Gasteiger partial charge in [0, 0.05) is 24.7 Å². The molecule has 0 bridgehead atoms. The third-order valence-electron chi connectivity index (χ3n) is 5.32. The molecular weight excluding hydrogens is 336 g/mol. The fraction of sp³-hybridized carbons (Fsp3) is 0.391. The number of carbonyl (C=O) groups is 2. The molecule has 3 rings (SSSR count). The normalized spacial score (nSPS) is 14.8. The molecule has 27 heavy (non-hydrogen) atoms. The quantitative estimate of drug-likeness (QED) is 0.872. The third-order valence-corrected chi connectivity index (χ3v) is 5.32. The Morgan fingerprint density at radius 2 is 1.56 bits per heavy atom. The van der Waals surface area contributed by atoms with E-state index in [1.54, 1.807) is 0 Å². The maximum absolute atomic E-state index is 12.5. The molecule has 1 saturated heterocycles. The largest absolute Gasteiger partial charge is 0.342 e. The standard InChI is InChI=1S/C23H28N2O2/c1-3-18-8-10-21(11-9-18)24-23(27)20-12-14-25(15-13-20)22(26)16-19-6-4-17(2)5-7-19/h4-11,20H,3,12-16H2,1-2H3,(H,24,27). The van der Waals surface area contributed by atoms with Crippen LogP contribution in [0.3, 0.4) is 0 Å². The number of hydrogen-bond donors (Lipinski definition) is 1. The summed E-state index contributed by atoms with van der Waals surface area (Å²) in [5, 5.41) is 3.01. The molecule has 2 aromatic rings. The summed E-state index contributed by atoms with van der Waals surface area (Å²) in [4.78, 5) is 26.9. The van der Waals surface area contributed by atoms with Crippen LogP contribution in [0.4, 0.5) is 5.69 Å². The van der Waals surface area contributed by atoms with Crippen LogP contribution in [0.1, 0.15) is 36.5 Å². The van der Waals surface area contributed by atoms with Crippen LogP contribution in [0.15, 0.2) is 48.5 Å². The van der Waals surface area contributed by atoms with Crippen LogP contribution in [0, 0.1) is 12.8 Å². The lowest BCUT2D eigenvalue weighted by Crippen LogP contribution is -2.42. The van der Waals surface area contributed by atoms with Gasteiger partial charge in [-0.25, -0.2) is 0 Å². The number of likely N-dealkylation sites (tertiary alicyclic amines) is 1. The van der Waals surface area contributed by atoms with Gasteiger partial charge in [-0.05, 0) is 49.4 Å². The fourth-order valence-electron chi connectivity index (χ4n) is 3.45. The number of anilines is 1. The first-order chi connectivity index (χ1) is 13.0. The first kappa shape index (κ1) is 19.2. The van der Waals surface area contributed by atoms with Crippen molar-refractivity contribution in [3.63, 3.8) is 0 Å². The van der Waals surface area contributed by atoms with Gasteiger partial charge in [0.25, 0.3) is 0 Å². The molecule has 1 aliphatic rings. The van der Waals surface area contributed by atoms with Gasteiger partial charge in [0.1, 0.15) is 0 Å². The van der Waals surface area contributed by atoms with Crippen LogP contribution >= 0.6 is 0 Å². The molecule has 0 saturated carbocycles. The molecule has 142 valence electrons. The molecule has 1 aliphatic heterocycles. The van der Waals surface area contributed by atoms with Crippen LogP contribution in [0.25, 0.3) is 0 Å². The Labute approximate surface area is 161 Å². The molecule has 1 fully saturated rings. The zero-order valence-electron chi connectivity index (χ0n) is 16.2. The molecule has 0 aliphatic carbocycles. The van der Waals surface area contributed by atoms with Crippen LogP contribution < -0.4 is 5.32 Å². The summed E-state index contributed by atoms with van der Waals surface area (Å²) in [6.45, 7) is 5.45. The smallest absolute Gasteiger partial charge is 0.227 e. The number of nitrogens with zero attached hydrogens (tertiary/aromatic N) is 1. The lowest BCUT2D eigenvalue weighted by atomic mass is 9.95. The molecule has 0 atom stereocenters. The van der Waals surface area contributed by atoms with E-state index in [0.717, 1.165) is 30.5 Å². The average Bonchev–Trinajstić information content (AvgIpc) is 2.70. The lowest BCUT2D eigenvalue weighted by molar-refractivity contribution is -0.133. The number of aryl methyl sites for hydroxylation is 2. The van der Waals surface area contributed by atoms with Gasteiger partial charge in [-0.1, -0.05) is 48.9 Å². The van der Waals surface area contributed by atoms with Crippen LogP contribution in [0.2, 0.25) is 0 Å². The second-order valence-corrected chi connectivity index (χ2v) is 7.36. The Hall–Kier alpha value is -2.62. The predicted molar refractivity (Wildman–Crippen MR) is 109 cm³/mol. The SMILES string of the molecule is CCc1ccc(NC(=O)C2CCN(C(=O)Cc3ccc(C)cc3)CC2)cc1. The van der Waals surface area contributed by atoms with E-state index in [4.69, 9.17) is 0 Å². The van der Waals surface area contributed by atoms with E-state index in [2.05, 4.69) is 12.2 Å². The Morgan fingerprint density at radius 3 is 2.15 bits per heavy atom. The van der Waals surface area contributed by atoms with E-state index in [1.165, 1.54) is 11.1 Å². The molecule has 0 spiro atoms. The zero-order chi connectivity index (χ0) is 19.2. The zero-order valence-corrected chi connectivity index (χ0v) is 16.2. The number of piperidine rings is 1. The summed E-state index contributed by atoms with van der Waals surface area (Å²) in [7, 11) is 0. The van der Waals surface area contributed by atoms with Gasteiger partial charge in [0.05, 0.1) is 6.42 Å². The molecule has 4 heteroatoms. The van der Waals surface area contributed by atoms with Crippen molar-refractivity contribution in [3.05, 3.63) is 65.2 Å². The third kappa shape index (κ3) is 5.19. The van der Waals surface area contributed by atoms with E-state index < -0.39 is 0 Å². The van der Waals surface area contributed by atoms with Crippen LogP contribution in [-0.2, 0) is 22.4 Å². The maximum Gasteiger partial charge on any atom is 0.227 e. The summed E-state index contributed by atoms with van der Waals surface area (Å²) in [6, 6.07) is 16.1. The van der Waals surface area contributed by atoms with Gasteiger partial charge in [-0.15, -0.1) is 0 Å². The molecule has 4 nitrogen and oxygen atoms in total. The van der Waals surface area contributed by atoms with E-state index in [1.807, 2.05) is 60.4 Å². The average molecular weight is 364 g/mol. The fourth-order valence-corrected chi connectivity index (χ4v) is 3.45. The van der Waals surface area contributed by atoms with E-state index in [-0.39, 0.29) is 17.7 Å². The van der Waals surface area contributed by atoms with Crippen molar-refractivity contribution in [2.75, 3.05) is 18.4 Å². The molecule has 0 radical (unpaired) electrons. The number of nitrogens with one attached hydrogen (secondary N) is 1. The molecular formula is C23H28N2O2. The Morgan fingerprint density at radius 1 is 0.963 bits per heavy atom. The molecule has 2 amide bonds. The van der Waals surface area contributed by atoms with Gasteiger partial charge in [-0.3, -0.25) is 9.59 Å². The predicted octanol–water partition coefficient (Wildman–Crippen LogP) is 3.98. The summed E-state index contributed by atoms with van der Waals surface area (Å²) in [6.07, 6.45) is 2.86. The highest BCUT2D eigenvalue weighted by Gasteiger charge is 2.27. The molecule has 2 aromatic carbocycles. The number of carbonyl (C=O) groups excluding carboxylic acids is 2. The van der Waals surface area contributed by atoms with Crippen LogP contribution in [-0.4, -0.2) is 29.8 Å². The summed E-state index contributed by atoms with van der Waals surface area (Å²) >= 11 is 0. The minimum atomic E-state index is -0.0284. The van der Waals surface area contributed by atoms with Crippen molar-refractivity contribution in [1.29, 1.82) is 0 Å². The van der Waals surface area contributed by atoms with Crippen molar-refractivity contribution >= 4 is 17.5 Å². The minimum absolute atomic E-state index is 0.0284. The lowest BCUT2D eigenvalue weighted by Gasteiger charge is -2.31. The molecule has 0 aromatic heterocycles. The Bertz CT molecular complexity index is 773. The monoisotopic (exact) mass is 364 g/mol. The number of benzene rings is 2. The van der Waals surface area contributed by atoms with Crippen molar-refractivity contribution in [2.24, 2.45) is 5.92 Å². The number of hydrogen-bond acceptors (Lipinski definition) is 2. The highest BCUT2D eigenvalue weighted by molar-refractivity contribution is 5.92. The Balaban J connectivity index is 1.47. The van der Waals surface area contributed by atoms with Crippen molar-refractivity contribution in [3.8, 4) is 0 Å². The van der Waals surface area contributed by atoms with E-state index in [9.17, 15) is 9.59 Å². The highest BCUT2D eigenvalue weighted by Crippen LogP contribution is 2.21. The number of rotatable bonds is 5. The van der Waals surface area contributed by atoms with E-state index >= 15 is 0 Å². The van der Waals surface area contributed by atoms with Crippen molar-refractivity contribution in [2.45, 2.75) is 39.5 Å². The maximum atomic E-state index is 12.5. The van der Waals surface area contributed by atoms with Gasteiger partial charge in [0.15, 0.2) is 0 Å². The molecule has 1 N–H and O–H groups in total. The van der Waals surface area contributed by atoms with Gasteiger partial charge < -0.3 is 10.2 Å². The first-order valence-corrected chi connectivity index (χ1v) is 9.78. The first-order valence-electron chi connectivity index (χ1n) is 9.78. The topological polar surface area (TPSA) is 49.4 Å². The van der Waals surface area contributed by atoms with Gasteiger partial charge in [0.2, 0.25) is 11.8 Å². The van der Waals surface area contributed by atoms with Crippen molar-refractivity contribution < 1.29 is 9.59 Å². The number of amides is 2. The Kier molecular flexibility index (Phi) is 6.28. The second kappa shape index (κ2) is 8.85. The van der Waals surface area contributed by atoms with Crippen molar-refractivity contribution in [1.82, 2.24) is 4.90 Å². The summed E-state index contributed by atoms with van der Waals surface area (Å²) < 4.78 is 0. The van der Waals surface area contributed by atoms with E-state index in [0.29, 0.717) is 19.5 Å². The second-order valence-electron chi connectivity index (χ2n) is 7.36. The van der Waals surface area contributed by atoms with Gasteiger partial charge >= 0.3 is 0 Å². The van der Waals surface area contributed by atoms with Gasteiger partial charge in [-0.2, -0.15) is 0 Å².